The van der Waals surface area contributed by atoms with Crippen LogP contribution < -0.4 is 5.32 Å². The molecule has 4 nitrogen and oxygen atoms in total. The Labute approximate surface area is 142 Å². The number of hydrogen-bond donors (Lipinski definition) is 2. The van der Waals surface area contributed by atoms with Gasteiger partial charge in [0.2, 0.25) is 0 Å². The SMILES string of the molecule is CC1(C)[C@@H]2CC[C@@]1(C)[C@@H](NC(=O)C(=O)c1c[nH]c3ccccc13)C2. The lowest BCUT2D eigenvalue weighted by Gasteiger charge is -2.39. The Morgan fingerprint density at radius 1 is 1.21 bits per heavy atom. The molecule has 24 heavy (non-hydrogen) atoms. The fraction of sp³-hybridized carbons (Fsp3) is 0.500. The molecule has 2 aromatic rings. The number of para-hydroxylation sites is 1. The van der Waals surface area contributed by atoms with E-state index in [1.807, 2.05) is 24.3 Å². The van der Waals surface area contributed by atoms with E-state index < -0.39 is 11.7 Å². The monoisotopic (exact) mass is 324 g/mol. The topological polar surface area (TPSA) is 62.0 Å². The molecule has 0 spiro atoms. The van der Waals surface area contributed by atoms with E-state index in [1.165, 1.54) is 6.42 Å². The number of amides is 1. The minimum absolute atomic E-state index is 0.0772. The highest BCUT2D eigenvalue weighted by Crippen LogP contribution is 2.65. The molecule has 1 heterocycles. The van der Waals surface area contributed by atoms with Crippen LogP contribution in [-0.2, 0) is 4.79 Å². The van der Waals surface area contributed by atoms with Crippen LogP contribution in [0, 0.1) is 16.7 Å². The van der Waals surface area contributed by atoms with Crippen molar-refractivity contribution in [2.45, 2.75) is 46.1 Å². The second-order valence-corrected chi connectivity index (χ2v) is 8.21. The zero-order valence-corrected chi connectivity index (χ0v) is 14.5. The van der Waals surface area contributed by atoms with Gasteiger partial charge < -0.3 is 10.3 Å². The summed E-state index contributed by atoms with van der Waals surface area (Å²) in [7, 11) is 0. The number of fused-ring (bicyclic) bond motifs is 3. The van der Waals surface area contributed by atoms with Gasteiger partial charge in [0, 0.05) is 23.1 Å². The van der Waals surface area contributed by atoms with E-state index in [0.717, 1.165) is 23.7 Å². The molecular formula is C20H24N2O2. The molecule has 0 aliphatic heterocycles. The van der Waals surface area contributed by atoms with Crippen LogP contribution in [0.4, 0.5) is 0 Å². The molecule has 2 fully saturated rings. The van der Waals surface area contributed by atoms with Gasteiger partial charge in [0.15, 0.2) is 0 Å². The van der Waals surface area contributed by atoms with Gasteiger partial charge in [0.05, 0.1) is 5.56 Å². The van der Waals surface area contributed by atoms with Gasteiger partial charge in [-0.3, -0.25) is 9.59 Å². The van der Waals surface area contributed by atoms with Crippen LogP contribution in [0.2, 0.25) is 0 Å². The average molecular weight is 324 g/mol. The lowest BCUT2D eigenvalue weighted by Crippen LogP contribution is -2.48. The van der Waals surface area contributed by atoms with E-state index in [9.17, 15) is 9.59 Å². The van der Waals surface area contributed by atoms with E-state index in [-0.39, 0.29) is 16.9 Å². The molecule has 2 N–H and O–H groups in total. The number of aromatic nitrogens is 1. The zero-order valence-electron chi connectivity index (χ0n) is 14.5. The third-order valence-corrected chi connectivity index (χ3v) is 7.14. The number of carbonyl (C=O) groups is 2. The summed E-state index contributed by atoms with van der Waals surface area (Å²) in [6.07, 6.45) is 4.97. The molecule has 126 valence electrons. The van der Waals surface area contributed by atoms with Gasteiger partial charge in [0.25, 0.3) is 11.7 Å². The van der Waals surface area contributed by atoms with E-state index in [4.69, 9.17) is 0 Å². The molecule has 2 bridgehead atoms. The number of benzene rings is 1. The van der Waals surface area contributed by atoms with Crippen molar-refractivity contribution in [1.82, 2.24) is 10.3 Å². The Morgan fingerprint density at radius 2 is 1.96 bits per heavy atom. The van der Waals surface area contributed by atoms with Crippen LogP contribution in [0.1, 0.15) is 50.4 Å². The first-order valence-corrected chi connectivity index (χ1v) is 8.76. The van der Waals surface area contributed by atoms with Gasteiger partial charge in [0.1, 0.15) is 0 Å². The van der Waals surface area contributed by atoms with Gasteiger partial charge in [-0.05, 0) is 42.1 Å². The molecule has 3 atom stereocenters. The first kappa shape index (κ1) is 15.4. The van der Waals surface area contributed by atoms with E-state index in [0.29, 0.717) is 11.5 Å². The number of rotatable bonds is 3. The van der Waals surface area contributed by atoms with Crippen molar-refractivity contribution in [3.05, 3.63) is 36.0 Å². The predicted molar refractivity (Wildman–Crippen MR) is 93.8 cm³/mol. The molecule has 1 aromatic carbocycles. The molecule has 1 amide bonds. The van der Waals surface area contributed by atoms with E-state index >= 15 is 0 Å². The highest BCUT2D eigenvalue weighted by Gasteiger charge is 2.61. The summed E-state index contributed by atoms with van der Waals surface area (Å²) in [4.78, 5) is 28.3. The van der Waals surface area contributed by atoms with Crippen molar-refractivity contribution in [3.8, 4) is 0 Å². The molecule has 0 radical (unpaired) electrons. The molecule has 2 aliphatic rings. The fourth-order valence-electron chi connectivity index (χ4n) is 5.03. The molecule has 1 aromatic heterocycles. The number of H-pyrrole nitrogens is 1. The van der Waals surface area contributed by atoms with Crippen LogP contribution in [0.5, 0.6) is 0 Å². The molecule has 4 rings (SSSR count). The Hall–Kier alpha value is -2.10. The maximum atomic E-state index is 12.6. The molecular weight excluding hydrogens is 300 g/mol. The van der Waals surface area contributed by atoms with Crippen LogP contribution in [0.15, 0.2) is 30.5 Å². The number of ketones is 1. The summed E-state index contributed by atoms with van der Waals surface area (Å²) in [5.41, 5.74) is 1.63. The van der Waals surface area contributed by atoms with Crippen LogP contribution in [-0.4, -0.2) is 22.7 Å². The molecule has 0 unspecified atom stereocenters. The summed E-state index contributed by atoms with van der Waals surface area (Å²) in [5, 5.41) is 3.86. The maximum Gasteiger partial charge on any atom is 0.292 e. The third kappa shape index (κ3) is 1.92. The van der Waals surface area contributed by atoms with Crippen LogP contribution in [0.3, 0.4) is 0 Å². The average Bonchev–Trinajstić information content (AvgIpc) is 3.13. The quantitative estimate of drug-likeness (QED) is 0.668. The summed E-state index contributed by atoms with van der Waals surface area (Å²) in [6.45, 7) is 6.87. The Bertz CT molecular complexity index is 835. The summed E-state index contributed by atoms with van der Waals surface area (Å²) < 4.78 is 0. The van der Waals surface area contributed by atoms with Crippen LogP contribution in [0.25, 0.3) is 10.9 Å². The molecule has 2 saturated carbocycles. The molecule has 0 saturated heterocycles. The highest BCUT2D eigenvalue weighted by molar-refractivity contribution is 6.45. The second-order valence-electron chi connectivity index (χ2n) is 8.21. The lowest BCUT2D eigenvalue weighted by atomic mass is 9.69. The number of aromatic amines is 1. The summed E-state index contributed by atoms with van der Waals surface area (Å²) >= 11 is 0. The van der Waals surface area contributed by atoms with Gasteiger partial charge in [-0.25, -0.2) is 0 Å². The summed E-state index contributed by atoms with van der Waals surface area (Å²) in [6, 6.07) is 7.65. The van der Waals surface area contributed by atoms with Crippen molar-refractivity contribution in [3.63, 3.8) is 0 Å². The van der Waals surface area contributed by atoms with Crippen molar-refractivity contribution < 1.29 is 9.59 Å². The number of Topliss-reactive ketones (excluding diaryl/α,β-unsaturated/α-hetero) is 1. The Kier molecular flexibility index (Phi) is 3.18. The van der Waals surface area contributed by atoms with Crippen molar-refractivity contribution in [2.75, 3.05) is 0 Å². The number of hydrogen-bond acceptors (Lipinski definition) is 2. The zero-order chi connectivity index (χ0) is 17.1. The molecule has 2 aliphatic carbocycles. The second kappa shape index (κ2) is 4.95. The van der Waals surface area contributed by atoms with E-state index in [1.54, 1.807) is 6.20 Å². The Morgan fingerprint density at radius 3 is 2.62 bits per heavy atom. The van der Waals surface area contributed by atoms with Crippen molar-refractivity contribution >= 4 is 22.6 Å². The largest absolute Gasteiger partial charge is 0.360 e. The summed E-state index contributed by atoms with van der Waals surface area (Å²) in [5.74, 6) is -0.290. The van der Waals surface area contributed by atoms with Gasteiger partial charge in [-0.15, -0.1) is 0 Å². The minimum Gasteiger partial charge on any atom is -0.360 e. The maximum absolute atomic E-state index is 12.6. The fourth-order valence-corrected chi connectivity index (χ4v) is 5.03. The Balaban J connectivity index is 1.56. The normalized spacial score (nSPS) is 30.6. The molecule has 4 heteroatoms. The van der Waals surface area contributed by atoms with Gasteiger partial charge >= 0.3 is 0 Å². The number of carbonyl (C=O) groups excluding carboxylic acids is 2. The predicted octanol–water partition coefficient (Wildman–Crippen LogP) is 3.68. The van der Waals surface area contributed by atoms with Gasteiger partial charge in [-0.2, -0.15) is 0 Å². The smallest absolute Gasteiger partial charge is 0.292 e. The van der Waals surface area contributed by atoms with E-state index in [2.05, 4.69) is 31.1 Å². The highest BCUT2D eigenvalue weighted by atomic mass is 16.2. The number of nitrogens with one attached hydrogen (secondary N) is 2. The van der Waals surface area contributed by atoms with Crippen molar-refractivity contribution in [2.24, 2.45) is 16.7 Å². The third-order valence-electron chi connectivity index (χ3n) is 7.14. The van der Waals surface area contributed by atoms with Crippen LogP contribution >= 0.6 is 0 Å². The first-order chi connectivity index (χ1) is 11.3. The standard InChI is InChI=1S/C20H24N2O2/c1-19(2)12-8-9-20(19,3)16(10-12)22-18(24)17(23)14-11-21-15-7-5-4-6-13(14)15/h4-7,11-12,16,21H,8-10H2,1-3H3,(H,22,24)/t12-,16+,20+/m1/s1. The lowest BCUT2D eigenvalue weighted by molar-refractivity contribution is -0.118. The van der Waals surface area contributed by atoms with Gasteiger partial charge in [-0.1, -0.05) is 39.0 Å². The van der Waals surface area contributed by atoms with Crippen molar-refractivity contribution in [1.29, 1.82) is 0 Å². The minimum atomic E-state index is -0.477. The first-order valence-electron chi connectivity index (χ1n) is 8.76.